The van der Waals surface area contributed by atoms with Crippen molar-refractivity contribution in [2.45, 2.75) is 63.8 Å². The molecule has 2 heterocycles. The quantitative estimate of drug-likeness (QED) is 0.775. The van der Waals surface area contributed by atoms with Crippen LogP contribution in [0.1, 0.15) is 50.8 Å². The summed E-state index contributed by atoms with van der Waals surface area (Å²) < 4.78 is 8.00. The van der Waals surface area contributed by atoms with Crippen molar-refractivity contribution < 1.29 is 4.74 Å². The molecule has 1 aliphatic heterocycles. The smallest absolute Gasteiger partial charge is 0.0799 e. The van der Waals surface area contributed by atoms with Crippen LogP contribution < -0.4 is 0 Å². The Morgan fingerprint density at radius 2 is 2.14 bits per heavy atom. The Labute approximate surface area is 136 Å². The molecule has 2 atom stereocenters. The second-order valence-electron chi connectivity index (χ2n) is 6.47. The zero-order chi connectivity index (χ0) is 14.7. The Hall–Kier alpha value is -0.390. The van der Waals surface area contributed by atoms with Gasteiger partial charge in [0.05, 0.1) is 24.4 Å². The lowest BCUT2D eigenvalue weighted by atomic mass is 9.96. The van der Waals surface area contributed by atoms with Crippen molar-refractivity contribution in [3.05, 3.63) is 18.0 Å². The molecule has 0 aromatic carbocycles. The lowest BCUT2D eigenvalue weighted by molar-refractivity contribution is -0.0504. The lowest BCUT2D eigenvalue weighted by Crippen LogP contribution is -2.48. The van der Waals surface area contributed by atoms with Crippen molar-refractivity contribution in [2.75, 3.05) is 18.5 Å². The van der Waals surface area contributed by atoms with Crippen LogP contribution in [-0.2, 0) is 11.3 Å². The highest BCUT2D eigenvalue weighted by molar-refractivity contribution is 9.09. The zero-order valence-corrected chi connectivity index (χ0v) is 14.5. The molecule has 21 heavy (non-hydrogen) atoms. The summed E-state index contributed by atoms with van der Waals surface area (Å²) in [6.07, 6.45) is 9.17. The minimum Gasteiger partial charge on any atom is -0.374 e. The molecule has 0 N–H and O–H groups in total. The maximum absolute atomic E-state index is 5.79. The van der Waals surface area contributed by atoms with Gasteiger partial charge in [0.1, 0.15) is 0 Å². The molecular formula is C16H26BrN3O. The first-order valence-electron chi connectivity index (χ1n) is 8.22. The van der Waals surface area contributed by atoms with Crippen LogP contribution in [0.2, 0.25) is 0 Å². The molecule has 118 valence electrons. The van der Waals surface area contributed by atoms with E-state index in [1.807, 2.05) is 0 Å². The van der Waals surface area contributed by atoms with Crippen molar-refractivity contribution in [3.8, 4) is 0 Å². The van der Waals surface area contributed by atoms with Crippen LogP contribution in [0.25, 0.3) is 0 Å². The number of alkyl halides is 1. The summed E-state index contributed by atoms with van der Waals surface area (Å²) in [6.45, 7) is 4.98. The van der Waals surface area contributed by atoms with E-state index in [1.165, 1.54) is 37.8 Å². The highest BCUT2D eigenvalue weighted by atomic mass is 79.9. The van der Waals surface area contributed by atoms with Gasteiger partial charge in [-0.3, -0.25) is 9.58 Å². The summed E-state index contributed by atoms with van der Waals surface area (Å²) in [5.74, 6) is 0. The number of halogens is 1. The predicted octanol–water partition coefficient (Wildman–Crippen LogP) is 3.37. The van der Waals surface area contributed by atoms with Crippen molar-refractivity contribution in [1.29, 1.82) is 0 Å². The number of hydrogen-bond donors (Lipinski definition) is 0. The molecule has 0 bridgehead atoms. The third-order valence-corrected chi connectivity index (χ3v) is 5.51. The third kappa shape index (κ3) is 3.88. The van der Waals surface area contributed by atoms with Crippen molar-refractivity contribution >= 4 is 15.9 Å². The Balaban J connectivity index is 1.60. The van der Waals surface area contributed by atoms with Crippen molar-refractivity contribution in [2.24, 2.45) is 0 Å². The fourth-order valence-corrected chi connectivity index (χ4v) is 3.80. The molecule has 0 spiro atoms. The number of hydrogen-bond acceptors (Lipinski definition) is 3. The molecule has 1 aliphatic carbocycles. The van der Waals surface area contributed by atoms with E-state index < -0.39 is 0 Å². The minimum absolute atomic E-state index is 0.307. The average Bonchev–Trinajstić information content (AvgIpc) is 2.99. The van der Waals surface area contributed by atoms with Gasteiger partial charge in [0.25, 0.3) is 0 Å². The van der Waals surface area contributed by atoms with E-state index >= 15 is 0 Å². The number of ether oxygens (including phenoxy) is 1. The summed E-state index contributed by atoms with van der Waals surface area (Å²) in [7, 11) is 0. The average molecular weight is 356 g/mol. The van der Waals surface area contributed by atoms with E-state index in [1.54, 1.807) is 0 Å². The van der Waals surface area contributed by atoms with Gasteiger partial charge in [-0.2, -0.15) is 5.10 Å². The van der Waals surface area contributed by atoms with E-state index in [-0.39, 0.29) is 0 Å². The van der Waals surface area contributed by atoms with Gasteiger partial charge in [-0.15, -0.1) is 0 Å². The SMILES string of the molecule is CC1COC(CBr)CN1Cc1ccn(C2CCCCC2)n1. The van der Waals surface area contributed by atoms with Gasteiger partial charge in [0, 0.05) is 30.7 Å². The first-order valence-corrected chi connectivity index (χ1v) is 9.34. The van der Waals surface area contributed by atoms with E-state index in [4.69, 9.17) is 9.84 Å². The van der Waals surface area contributed by atoms with E-state index in [0.717, 1.165) is 25.0 Å². The first-order chi connectivity index (χ1) is 10.3. The van der Waals surface area contributed by atoms with E-state index in [2.05, 4.69) is 44.7 Å². The number of aromatic nitrogens is 2. The fourth-order valence-electron chi connectivity index (χ4n) is 3.41. The summed E-state index contributed by atoms with van der Waals surface area (Å²) >= 11 is 3.53. The number of morpholine rings is 1. The van der Waals surface area contributed by atoms with E-state index in [0.29, 0.717) is 18.2 Å². The maximum Gasteiger partial charge on any atom is 0.0799 e. The van der Waals surface area contributed by atoms with Crippen LogP contribution in [0.15, 0.2) is 12.3 Å². The number of nitrogens with zero attached hydrogens (tertiary/aromatic N) is 3. The van der Waals surface area contributed by atoms with Crippen molar-refractivity contribution in [1.82, 2.24) is 14.7 Å². The van der Waals surface area contributed by atoms with E-state index in [9.17, 15) is 0 Å². The molecule has 5 heteroatoms. The van der Waals surface area contributed by atoms with Crippen LogP contribution >= 0.6 is 15.9 Å². The van der Waals surface area contributed by atoms with Crippen LogP contribution in [0.3, 0.4) is 0 Å². The molecule has 4 nitrogen and oxygen atoms in total. The highest BCUT2D eigenvalue weighted by Crippen LogP contribution is 2.27. The van der Waals surface area contributed by atoms with Crippen LogP contribution in [-0.4, -0.2) is 45.3 Å². The Kier molecular flexibility index (Phi) is 5.35. The summed E-state index contributed by atoms with van der Waals surface area (Å²) in [4.78, 5) is 2.49. The Morgan fingerprint density at radius 1 is 1.33 bits per heavy atom. The fraction of sp³-hybridized carbons (Fsp3) is 0.812. The zero-order valence-electron chi connectivity index (χ0n) is 12.9. The standard InChI is InChI=1S/C16H26BrN3O/c1-13-12-21-16(9-17)11-19(13)10-14-7-8-20(18-14)15-5-3-2-4-6-15/h7-8,13,15-16H,2-6,9-12H2,1H3. The highest BCUT2D eigenvalue weighted by Gasteiger charge is 2.26. The summed E-state index contributed by atoms with van der Waals surface area (Å²) in [5, 5.41) is 5.75. The lowest BCUT2D eigenvalue weighted by Gasteiger charge is -2.37. The molecule has 1 aromatic heterocycles. The third-order valence-electron chi connectivity index (χ3n) is 4.78. The van der Waals surface area contributed by atoms with Gasteiger partial charge in [0.2, 0.25) is 0 Å². The molecule has 0 amide bonds. The van der Waals surface area contributed by atoms with Gasteiger partial charge in [0.15, 0.2) is 0 Å². The minimum atomic E-state index is 0.307. The van der Waals surface area contributed by atoms with Crippen LogP contribution in [0.5, 0.6) is 0 Å². The summed E-state index contributed by atoms with van der Waals surface area (Å²) in [6, 6.07) is 3.30. The normalized spacial score (nSPS) is 28.9. The second-order valence-corrected chi connectivity index (χ2v) is 7.11. The molecule has 3 rings (SSSR count). The molecule has 1 aromatic rings. The molecule has 1 saturated heterocycles. The second kappa shape index (κ2) is 7.25. The predicted molar refractivity (Wildman–Crippen MR) is 87.8 cm³/mol. The summed E-state index contributed by atoms with van der Waals surface area (Å²) in [5.41, 5.74) is 1.20. The monoisotopic (exact) mass is 355 g/mol. The maximum atomic E-state index is 5.79. The largest absolute Gasteiger partial charge is 0.374 e. The van der Waals surface area contributed by atoms with Gasteiger partial charge < -0.3 is 4.74 Å². The molecule has 0 radical (unpaired) electrons. The molecule has 1 saturated carbocycles. The van der Waals surface area contributed by atoms with Gasteiger partial charge in [-0.25, -0.2) is 0 Å². The Morgan fingerprint density at radius 3 is 2.90 bits per heavy atom. The van der Waals surface area contributed by atoms with Gasteiger partial charge >= 0.3 is 0 Å². The molecule has 2 fully saturated rings. The van der Waals surface area contributed by atoms with Gasteiger partial charge in [-0.1, -0.05) is 35.2 Å². The van der Waals surface area contributed by atoms with Crippen LogP contribution in [0, 0.1) is 0 Å². The van der Waals surface area contributed by atoms with Gasteiger partial charge in [-0.05, 0) is 25.8 Å². The first kappa shape index (κ1) is 15.5. The topological polar surface area (TPSA) is 30.3 Å². The molecule has 2 unspecified atom stereocenters. The van der Waals surface area contributed by atoms with Crippen molar-refractivity contribution in [3.63, 3.8) is 0 Å². The van der Waals surface area contributed by atoms with Crippen LogP contribution in [0.4, 0.5) is 0 Å². The molecule has 2 aliphatic rings. The Bertz CT molecular complexity index is 444. The number of rotatable bonds is 4. The molecular weight excluding hydrogens is 330 g/mol.